The molecule has 1 aromatic heterocycles. The van der Waals surface area contributed by atoms with Crippen LogP contribution in [0.5, 0.6) is 5.75 Å². The number of amides is 1. The van der Waals surface area contributed by atoms with Crippen molar-refractivity contribution in [3.05, 3.63) is 45.4 Å². The number of carbonyl (C=O) groups excluding carboxylic acids is 1. The van der Waals surface area contributed by atoms with Gasteiger partial charge in [0.15, 0.2) is 6.61 Å². The van der Waals surface area contributed by atoms with Crippen LogP contribution in [0.1, 0.15) is 21.1 Å². The minimum absolute atomic E-state index is 0.0206. The van der Waals surface area contributed by atoms with Gasteiger partial charge in [-0.25, -0.2) is 4.98 Å². The minimum Gasteiger partial charge on any atom is -0.484 e. The summed E-state index contributed by atoms with van der Waals surface area (Å²) in [7, 11) is 0. The molecule has 1 aromatic carbocycles. The van der Waals surface area contributed by atoms with E-state index in [0.717, 1.165) is 16.3 Å². The maximum absolute atomic E-state index is 11.7. The van der Waals surface area contributed by atoms with Crippen LogP contribution in [0.25, 0.3) is 0 Å². The first kappa shape index (κ1) is 14.5. The van der Waals surface area contributed by atoms with Gasteiger partial charge in [-0.1, -0.05) is 12.1 Å². The molecular formula is C15H18N2O2S. The summed E-state index contributed by atoms with van der Waals surface area (Å²) in [4.78, 5) is 17.3. The first-order chi connectivity index (χ1) is 9.54. The normalized spacial score (nSPS) is 10.3. The SMILES string of the molecule is Cc1cccc(OCC(=O)NCc2nc(C)c(C)s2)c1. The molecular weight excluding hydrogens is 272 g/mol. The van der Waals surface area contributed by atoms with Crippen LogP contribution in [-0.4, -0.2) is 17.5 Å². The van der Waals surface area contributed by atoms with E-state index >= 15 is 0 Å². The molecule has 1 N–H and O–H groups in total. The Balaban J connectivity index is 1.78. The van der Waals surface area contributed by atoms with Crippen LogP contribution in [0, 0.1) is 20.8 Å². The molecule has 0 saturated heterocycles. The van der Waals surface area contributed by atoms with Gasteiger partial charge in [0.25, 0.3) is 5.91 Å². The van der Waals surface area contributed by atoms with Crippen molar-refractivity contribution < 1.29 is 9.53 Å². The van der Waals surface area contributed by atoms with Crippen LogP contribution < -0.4 is 10.1 Å². The lowest BCUT2D eigenvalue weighted by atomic mass is 10.2. The fraction of sp³-hybridized carbons (Fsp3) is 0.333. The molecule has 0 spiro atoms. The third kappa shape index (κ3) is 4.06. The molecule has 0 aliphatic carbocycles. The molecule has 0 fully saturated rings. The highest BCUT2D eigenvalue weighted by Crippen LogP contribution is 2.16. The Morgan fingerprint density at radius 3 is 2.80 bits per heavy atom. The smallest absolute Gasteiger partial charge is 0.258 e. The van der Waals surface area contributed by atoms with E-state index in [1.807, 2.05) is 45.0 Å². The number of nitrogens with one attached hydrogen (secondary N) is 1. The van der Waals surface area contributed by atoms with E-state index in [2.05, 4.69) is 10.3 Å². The molecule has 4 nitrogen and oxygen atoms in total. The molecule has 0 saturated carbocycles. The number of aromatic nitrogens is 1. The van der Waals surface area contributed by atoms with Crippen molar-refractivity contribution in [2.24, 2.45) is 0 Å². The van der Waals surface area contributed by atoms with Crippen LogP contribution in [-0.2, 0) is 11.3 Å². The molecule has 5 heteroatoms. The number of thiazole rings is 1. The summed E-state index contributed by atoms with van der Waals surface area (Å²) in [6.07, 6.45) is 0. The largest absolute Gasteiger partial charge is 0.484 e. The van der Waals surface area contributed by atoms with E-state index in [9.17, 15) is 4.79 Å². The lowest BCUT2D eigenvalue weighted by molar-refractivity contribution is -0.123. The van der Waals surface area contributed by atoms with Crippen molar-refractivity contribution in [1.29, 1.82) is 0 Å². The van der Waals surface area contributed by atoms with Gasteiger partial charge in [0.1, 0.15) is 10.8 Å². The van der Waals surface area contributed by atoms with E-state index in [0.29, 0.717) is 12.3 Å². The first-order valence-electron chi connectivity index (χ1n) is 6.43. The van der Waals surface area contributed by atoms with Gasteiger partial charge in [-0.05, 0) is 38.5 Å². The highest BCUT2D eigenvalue weighted by atomic mass is 32.1. The summed E-state index contributed by atoms with van der Waals surface area (Å²) < 4.78 is 5.44. The van der Waals surface area contributed by atoms with Crippen molar-refractivity contribution in [3.63, 3.8) is 0 Å². The van der Waals surface area contributed by atoms with Gasteiger partial charge in [0.2, 0.25) is 0 Å². The summed E-state index contributed by atoms with van der Waals surface area (Å²) in [6, 6.07) is 7.64. The minimum atomic E-state index is -0.142. The zero-order valence-electron chi connectivity index (χ0n) is 11.9. The summed E-state index contributed by atoms with van der Waals surface area (Å²) in [6.45, 7) is 6.46. The van der Waals surface area contributed by atoms with Gasteiger partial charge in [-0.15, -0.1) is 11.3 Å². The quantitative estimate of drug-likeness (QED) is 0.921. The summed E-state index contributed by atoms with van der Waals surface area (Å²) >= 11 is 1.61. The average Bonchev–Trinajstić information content (AvgIpc) is 2.73. The predicted molar refractivity (Wildman–Crippen MR) is 80.1 cm³/mol. The summed E-state index contributed by atoms with van der Waals surface area (Å²) in [5, 5.41) is 3.73. The van der Waals surface area contributed by atoms with Crippen LogP contribution >= 0.6 is 11.3 Å². The van der Waals surface area contributed by atoms with Crippen LogP contribution in [0.15, 0.2) is 24.3 Å². The maximum Gasteiger partial charge on any atom is 0.258 e. The highest BCUT2D eigenvalue weighted by Gasteiger charge is 2.06. The molecule has 1 heterocycles. The lowest BCUT2D eigenvalue weighted by Crippen LogP contribution is -2.28. The molecule has 106 valence electrons. The number of hydrogen-bond acceptors (Lipinski definition) is 4. The zero-order chi connectivity index (χ0) is 14.5. The topological polar surface area (TPSA) is 51.2 Å². The Hall–Kier alpha value is -1.88. The molecule has 2 aromatic rings. The Kier molecular flexibility index (Phi) is 4.74. The second-order valence-electron chi connectivity index (χ2n) is 4.63. The van der Waals surface area contributed by atoms with Crippen LogP contribution in [0.3, 0.4) is 0 Å². The molecule has 0 aliphatic heterocycles. The van der Waals surface area contributed by atoms with E-state index < -0.39 is 0 Å². The Labute approximate surface area is 122 Å². The predicted octanol–water partition coefficient (Wildman–Crippen LogP) is 2.76. The van der Waals surface area contributed by atoms with Crippen molar-refractivity contribution in [1.82, 2.24) is 10.3 Å². The number of carbonyl (C=O) groups is 1. The van der Waals surface area contributed by atoms with Gasteiger partial charge in [0.05, 0.1) is 12.2 Å². The van der Waals surface area contributed by atoms with Gasteiger partial charge in [-0.2, -0.15) is 0 Å². The van der Waals surface area contributed by atoms with Gasteiger partial charge in [0, 0.05) is 4.88 Å². The molecule has 2 rings (SSSR count). The van der Waals surface area contributed by atoms with Crippen LogP contribution in [0.4, 0.5) is 0 Å². The summed E-state index contributed by atoms with van der Waals surface area (Å²) in [5.74, 6) is 0.568. The van der Waals surface area contributed by atoms with Gasteiger partial charge in [-0.3, -0.25) is 4.79 Å². The van der Waals surface area contributed by atoms with Crippen molar-refractivity contribution >= 4 is 17.2 Å². The van der Waals surface area contributed by atoms with E-state index in [-0.39, 0.29) is 12.5 Å². The molecule has 0 unspecified atom stereocenters. The Morgan fingerprint density at radius 2 is 2.15 bits per heavy atom. The highest BCUT2D eigenvalue weighted by molar-refractivity contribution is 7.11. The fourth-order valence-corrected chi connectivity index (χ4v) is 2.57. The van der Waals surface area contributed by atoms with Crippen LogP contribution in [0.2, 0.25) is 0 Å². The second kappa shape index (κ2) is 6.52. The molecule has 0 atom stereocenters. The first-order valence-corrected chi connectivity index (χ1v) is 7.25. The number of benzene rings is 1. The number of nitrogens with zero attached hydrogens (tertiary/aromatic N) is 1. The van der Waals surface area contributed by atoms with E-state index in [1.165, 1.54) is 4.88 Å². The second-order valence-corrected chi connectivity index (χ2v) is 5.92. The molecule has 0 bridgehead atoms. The average molecular weight is 290 g/mol. The maximum atomic E-state index is 11.7. The number of hydrogen-bond donors (Lipinski definition) is 1. The van der Waals surface area contributed by atoms with Crippen molar-refractivity contribution in [2.45, 2.75) is 27.3 Å². The van der Waals surface area contributed by atoms with Gasteiger partial charge >= 0.3 is 0 Å². The lowest BCUT2D eigenvalue weighted by Gasteiger charge is -2.07. The number of ether oxygens (including phenoxy) is 1. The standard InChI is InChI=1S/C15H18N2O2S/c1-10-5-4-6-13(7-10)19-9-14(18)16-8-15-17-11(2)12(3)20-15/h4-7H,8-9H2,1-3H3,(H,16,18). The molecule has 1 amide bonds. The van der Waals surface area contributed by atoms with Crippen molar-refractivity contribution in [2.75, 3.05) is 6.61 Å². The van der Waals surface area contributed by atoms with E-state index in [4.69, 9.17) is 4.74 Å². The van der Waals surface area contributed by atoms with Gasteiger partial charge < -0.3 is 10.1 Å². The van der Waals surface area contributed by atoms with E-state index in [1.54, 1.807) is 11.3 Å². The fourth-order valence-electron chi connectivity index (χ4n) is 1.69. The molecule has 20 heavy (non-hydrogen) atoms. The number of aryl methyl sites for hydroxylation is 3. The third-order valence-electron chi connectivity index (χ3n) is 2.87. The molecule has 0 radical (unpaired) electrons. The Bertz CT molecular complexity index is 588. The zero-order valence-corrected chi connectivity index (χ0v) is 12.7. The summed E-state index contributed by atoms with van der Waals surface area (Å²) in [5.41, 5.74) is 2.13. The van der Waals surface area contributed by atoms with Crippen molar-refractivity contribution in [3.8, 4) is 5.75 Å². The monoisotopic (exact) mass is 290 g/mol. The number of rotatable bonds is 5. The third-order valence-corrected chi connectivity index (χ3v) is 3.94. The Morgan fingerprint density at radius 1 is 1.35 bits per heavy atom. The molecule has 0 aliphatic rings.